The van der Waals surface area contributed by atoms with Gasteiger partial charge in [-0.15, -0.1) is 0 Å². The topological polar surface area (TPSA) is 86.5 Å². The highest BCUT2D eigenvalue weighted by Gasteiger charge is 2.42. The summed E-state index contributed by atoms with van der Waals surface area (Å²) in [7, 11) is 35.0. The first-order valence-corrected chi connectivity index (χ1v) is 60.4. The minimum atomic E-state index is 0.207. The number of benzene rings is 9. The highest BCUT2D eigenvalue weighted by molar-refractivity contribution is 9.10. The van der Waals surface area contributed by atoms with Gasteiger partial charge in [-0.2, -0.15) is 0 Å². The molecule has 2 heterocycles. The number of hydrogen-bond donors (Lipinski definition) is 2. The monoisotopic (exact) mass is 2450 g/mol. The van der Waals surface area contributed by atoms with Crippen LogP contribution in [0.25, 0.3) is 43.7 Å². The van der Waals surface area contributed by atoms with Gasteiger partial charge in [0.05, 0.1) is 23.1 Å². The summed E-state index contributed by atoms with van der Waals surface area (Å²) in [6.45, 7) is 41.7. The van der Waals surface area contributed by atoms with Gasteiger partial charge in [0.25, 0.3) is 0 Å². The van der Waals surface area contributed by atoms with Crippen molar-refractivity contribution in [3.05, 3.63) is 234 Å². The molecule has 2 aromatic heterocycles. The fourth-order valence-electron chi connectivity index (χ4n) is 16.0. The van der Waals surface area contributed by atoms with Crippen molar-refractivity contribution in [2.45, 2.75) is 207 Å². The SMILES string of the molecule is CBr.CBr.CBr.CBr.CBr.CBr.CBr.CCCN(CCC)CCC.CN(C)C.Cc1c2ccccc2c(C)c2cc(N(C)C)ccc12.Cc1cc(C)cc(N(C)C)c1.Cc1cc(N(C)C)c(C)c2[nH]cnc12.Cc1cc(N(C)C)c(C)cc1Br.Cc1ccc(N(C)C)cc1C.Cc1ccc2c(c1)C(CCCCCCBr)(CCCCCCN(C)C)c1cc(C)ccc1-2.Cc1nc(N(C)C)c(C)[nH]1. The van der Waals surface area contributed by atoms with Crippen LogP contribution in [0.2, 0.25) is 0 Å². The molecule has 11 aromatic rings. The van der Waals surface area contributed by atoms with Crippen molar-refractivity contribution < 1.29 is 0 Å². The van der Waals surface area contributed by atoms with E-state index < -0.39 is 0 Å². The Kier molecular flexibility index (Phi) is 79.5. The third-order valence-corrected chi connectivity index (χ3v) is 23.9. The summed E-state index contributed by atoms with van der Waals surface area (Å²) >= 11 is 27.7. The fourth-order valence-corrected chi connectivity index (χ4v) is 16.8. The van der Waals surface area contributed by atoms with Gasteiger partial charge in [-0.25, -0.2) is 9.97 Å². The van der Waals surface area contributed by atoms with Crippen molar-refractivity contribution in [2.24, 2.45) is 0 Å². The average Bonchev–Trinajstić information content (AvgIpc) is 1.57. The highest BCUT2D eigenvalue weighted by atomic mass is 79.9. The van der Waals surface area contributed by atoms with E-state index in [0.717, 1.165) is 33.7 Å². The first-order valence-electron chi connectivity index (χ1n) is 47.4. The van der Waals surface area contributed by atoms with Crippen LogP contribution in [0.15, 0.2) is 144 Å². The summed E-state index contributed by atoms with van der Waals surface area (Å²) in [5.41, 5.74) is 32.1. The van der Waals surface area contributed by atoms with E-state index in [1.165, 1.54) is 242 Å². The Morgan fingerprint density at radius 1 is 0.346 bits per heavy atom. The summed E-state index contributed by atoms with van der Waals surface area (Å²) in [4.78, 5) is 34.4. The maximum absolute atomic E-state index is 4.31. The van der Waals surface area contributed by atoms with Crippen molar-refractivity contribution in [1.82, 2.24) is 34.6 Å². The number of fused-ring (bicyclic) bond motifs is 6. The van der Waals surface area contributed by atoms with Gasteiger partial charge in [0.1, 0.15) is 11.6 Å². The number of anilines is 6. The average molecular weight is 2460 g/mol. The zero-order chi connectivity index (χ0) is 105. The van der Waals surface area contributed by atoms with Crippen LogP contribution in [0.4, 0.5) is 34.3 Å². The second-order valence-corrected chi connectivity index (χ2v) is 37.5. The largest absolute Gasteiger partial charge is 0.378 e. The molecule has 0 fully saturated rings. The molecule has 0 saturated heterocycles. The predicted molar refractivity (Wildman–Crippen MR) is 657 cm³/mol. The maximum atomic E-state index is 4.31. The van der Waals surface area contributed by atoms with Gasteiger partial charge in [-0.3, -0.25) is 0 Å². The van der Waals surface area contributed by atoms with E-state index in [1.807, 2.05) is 99.7 Å². The lowest BCUT2D eigenvalue weighted by atomic mass is 9.70. The molecule has 768 valence electrons. The first kappa shape index (κ1) is 137. The molecule has 0 bridgehead atoms. The van der Waals surface area contributed by atoms with E-state index in [9.17, 15) is 0 Å². The predicted octanol–water partition coefficient (Wildman–Crippen LogP) is 34.1. The minimum Gasteiger partial charge on any atom is -0.378 e. The first-order chi connectivity index (χ1) is 64.6. The van der Waals surface area contributed by atoms with Crippen molar-refractivity contribution in [2.75, 3.05) is 222 Å². The van der Waals surface area contributed by atoms with Gasteiger partial charge in [0.2, 0.25) is 0 Å². The summed E-state index contributed by atoms with van der Waals surface area (Å²) in [6, 6.07) is 49.4. The van der Waals surface area contributed by atoms with Crippen LogP contribution in [-0.2, 0) is 5.41 Å². The van der Waals surface area contributed by atoms with Crippen molar-refractivity contribution in [1.29, 1.82) is 0 Å². The van der Waals surface area contributed by atoms with Gasteiger partial charge in [-0.05, 0) is 398 Å². The lowest BCUT2D eigenvalue weighted by Crippen LogP contribution is -2.26. The Morgan fingerprint density at radius 2 is 0.765 bits per heavy atom. The molecule has 1 aliphatic carbocycles. The molecule has 0 unspecified atom stereocenters. The Labute approximate surface area is 908 Å². The Bertz CT molecular complexity index is 4870. The van der Waals surface area contributed by atoms with E-state index in [2.05, 4.69) is 519 Å². The molecular weight excluding hydrogens is 2270 g/mol. The molecule has 12 rings (SSSR count). The number of rotatable bonds is 25. The Morgan fingerprint density at radius 3 is 1.16 bits per heavy atom. The second-order valence-electron chi connectivity index (χ2n) is 35.8. The van der Waals surface area contributed by atoms with Gasteiger partial charge < -0.3 is 54.1 Å². The Balaban J connectivity index is -0.000000736. The van der Waals surface area contributed by atoms with Crippen LogP contribution < -0.4 is 29.4 Å². The number of halogens is 9. The third-order valence-electron chi connectivity index (χ3n) is 22.5. The summed E-state index contributed by atoms with van der Waals surface area (Å²) in [5.74, 6) is 14.7. The standard InChI is InChI=1S/C29H42BrN.C18H19N.C11H15N3.C10H14BrN.2C10H15N.C9H21N.C7H13N3.C3H9N.7CH3Br/c1-23-13-15-25-26-16-14-24(2)22-28(26)29(27(25)21-23,17-9-5-7-11-19-30)18-10-6-8-12-20-31(3)4;1-12-15-7-5-6-8-16(15)13(2)18-11-14(19(3)4)9-10-17(12)18;1-7-5-9(14(3)4)8(2)11-10(7)12-6-13-11;1-7-6-10(12(3)4)8(2)5-9(7)11;1-8-5-9(2)7-10(6-8)11(3)4;1-8-5-6-10(11(3)4)7-9(8)2;1-4-7-10(8-5-2)9-6-3;1-5-7(10(3)4)9-6(2)8-5;1-4(2)3;7*1-2/h13-16,21-22H,5-12,17-20H2,1-4H3;5-11H,1-4H3;5-6H,1-4H3,(H,12,13);5-6H,1-4H3;2*5-7H,1-4H3;4-9H2,1-3H3;1-4H3,(H,8,9);1-3H3;7*1H3. The van der Waals surface area contributed by atoms with E-state index in [4.69, 9.17) is 0 Å². The van der Waals surface area contributed by atoms with E-state index in [0.29, 0.717) is 0 Å². The molecular formula is C114H184Br9N13. The van der Waals surface area contributed by atoms with Gasteiger partial charge in [-0.1, -0.05) is 293 Å². The van der Waals surface area contributed by atoms with E-state index in [-0.39, 0.29) is 5.41 Å². The van der Waals surface area contributed by atoms with Crippen molar-refractivity contribution in [3.63, 3.8) is 0 Å². The van der Waals surface area contributed by atoms with Crippen molar-refractivity contribution >= 4 is 210 Å². The molecule has 0 atom stereocenters. The number of hydrogen-bond acceptors (Lipinski definition) is 11. The quantitative estimate of drug-likeness (QED) is 0.0326. The molecule has 1 aliphatic rings. The van der Waals surface area contributed by atoms with Crippen LogP contribution in [0.3, 0.4) is 0 Å². The Hall–Kier alpha value is -4.82. The lowest BCUT2D eigenvalue weighted by molar-refractivity contribution is 0.275. The molecule has 2 N–H and O–H groups in total. The smallest absolute Gasteiger partial charge is 0.149 e. The zero-order valence-electron chi connectivity index (χ0n) is 92.3. The molecule has 0 radical (unpaired) electrons. The number of aromatic nitrogens is 4. The minimum absolute atomic E-state index is 0.207. The van der Waals surface area contributed by atoms with Gasteiger partial charge in [0.15, 0.2) is 0 Å². The number of aromatic amines is 2. The van der Waals surface area contributed by atoms with Gasteiger partial charge in [0, 0.05) is 128 Å². The van der Waals surface area contributed by atoms with Crippen LogP contribution in [0.1, 0.15) is 194 Å². The van der Waals surface area contributed by atoms with Crippen LogP contribution in [0.5, 0.6) is 0 Å². The van der Waals surface area contributed by atoms with Crippen LogP contribution in [-0.4, -0.2) is 227 Å². The second kappa shape index (κ2) is 78.7. The van der Waals surface area contributed by atoms with Crippen LogP contribution in [0, 0.1) is 96.9 Å². The van der Waals surface area contributed by atoms with Crippen molar-refractivity contribution in [3.8, 4) is 11.1 Å². The zero-order valence-corrected chi connectivity index (χ0v) is 107. The molecule has 13 nitrogen and oxygen atoms in total. The maximum Gasteiger partial charge on any atom is 0.149 e. The van der Waals surface area contributed by atoms with Gasteiger partial charge >= 0.3 is 0 Å². The summed E-state index contributed by atoms with van der Waals surface area (Å²) < 4.78 is 1.19. The number of alkyl halides is 8. The number of nitrogens with one attached hydrogen (secondary N) is 2. The number of H-pyrrole nitrogens is 2. The molecule has 22 heteroatoms. The van der Waals surface area contributed by atoms with E-state index in [1.54, 1.807) is 17.5 Å². The molecule has 0 spiro atoms. The fraction of sp³-hybridized carbons (Fsp3) is 0.526. The number of aryl methyl sites for hydroxylation is 14. The molecule has 0 aliphatic heterocycles. The number of unbranched alkanes of at least 4 members (excludes halogenated alkanes) is 6. The van der Waals surface area contributed by atoms with Crippen LogP contribution >= 0.6 is 143 Å². The summed E-state index contributed by atoms with van der Waals surface area (Å²) in [6.07, 6.45) is 18.9. The number of nitrogens with zero attached hydrogens (tertiary/aromatic N) is 11. The van der Waals surface area contributed by atoms with E-state index >= 15 is 0 Å². The lowest BCUT2D eigenvalue weighted by Gasteiger charge is -2.33. The number of imidazole rings is 2. The highest BCUT2D eigenvalue weighted by Crippen LogP contribution is 2.55. The molecule has 9 aromatic carbocycles. The molecule has 136 heavy (non-hydrogen) atoms. The third kappa shape index (κ3) is 49.4. The normalized spacial score (nSPS) is 10.5. The molecule has 0 amide bonds. The summed E-state index contributed by atoms with van der Waals surface area (Å²) in [5, 5.41) is 6.59. The molecule has 0 saturated carbocycles.